The second kappa shape index (κ2) is 11.3. The van der Waals surface area contributed by atoms with Crippen LogP contribution in [-0.2, 0) is 9.53 Å². The van der Waals surface area contributed by atoms with Crippen LogP contribution in [-0.4, -0.2) is 56.8 Å². The summed E-state index contributed by atoms with van der Waals surface area (Å²) in [6.45, 7) is 3.52. The van der Waals surface area contributed by atoms with Gasteiger partial charge < -0.3 is 19.9 Å². The summed E-state index contributed by atoms with van der Waals surface area (Å²) in [5, 5.41) is 23.2. The summed E-state index contributed by atoms with van der Waals surface area (Å²) in [7, 11) is 0. The third-order valence-electron chi connectivity index (χ3n) is 6.10. The van der Waals surface area contributed by atoms with Crippen molar-refractivity contribution in [3.8, 4) is 16.2 Å². The number of aryl methyl sites for hydroxylation is 1. The molecule has 38 heavy (non-hydrogen) atoms. The number of nitro benzene ring substituents is 1. The number of non-ortho nitro benzene ring substituents is 1. The van der Waals surface area contributed by atoms with E-state index in [1.807, 2.05) is 31.2 Å². The van der Waals surface area contributed by atoms with Crippen molar-refractivity contribution in [2.24, 2.45) is 0 Å². The van der Waals surface area contributed by atoms with Crippen LogP contribution in [0.1, 0.15) is 30.6 Å². The SMILES string of the molecule is Cc1ncsc1-c1ccc(C(C)NC(=O)C2CC(OC(=O)Oc3ccc([N+](=O)[O-])cc3)CN2C(=O)O)cc1. The van der Waals surface area contributed by atoms with Crippen molar-refractivity contribution in [1.82, 2.24) is 15.2 Å². The molecule has 2 N–H and O–H groups in total. The van der Waals surface area contributed by atoms with Gasteiger partial charge in [0.2, 0.25) is 5.91 Å². The monoisotopic (exact) mass is 540 g/mol. The number of nitrogens with zero attached hydrogens (tertiary/aromatic N) is 3. The molecule has 1 aromatic heterocycles. The van der Waals surface area contributed by atoms with Gasteiger partial charge in [-0.3, -0.25) is 19.8 Å². The van der Waals surface area contributed by atoms with Gasteiger partial charge in [0.05, 0.1) is 33.6 Å². The van der Waals surface area contributed by atoms with Gasteiger partial charge in [0.1, 0.15) is 17.9 Å². The zero-order valence-corrected chi connectivity index (χ0v) is 21.2. The molecular formula is C25H24N4O8S. The van der Waals surface area contributed by atoms with E-state index in [0.717, 1.165) is 26.6 Å². The minimum Gasteiger partial charge on any atom is -0.465 e. The van der Waals surface area contributed by atoms with Gasteiger partial charge in [-0.15, -0.1) is 11.3 Å². The zero-order valence-electron chi connectivity index (χ0n) is 20.4. The maximum absolute atomic E-state index is 13.0. The van der Waals surface area contributed by atoms with E-state index in [9.17, 15) is 29.6 Å². The van der Waals surface area contributed by atoms with Crippen molar-refractivity contribution >= 4 is 35.2 Å². The summed E-state index contributed by atoms with van der Waals surface area (Å²) in [6.07, 6.45) is -3.40. The van der Waals surface area contributed by atoms with Crippen molar-refractivity contribution in [2.45, 2.75) is 38.5 Å². The maximum atomic E-state index is 13.0. The van der Waals surface area contributed by atoms with E-state index in [2.05, 4.69) is 10.3 Å². The quantitative estimate of drug-likeness (QED) is 0.190. The van der Waals surface area contributed by atoms with Crippen LogP contribution in [0, 0.1) is 17.0 Å². The summed E-state index contributed by atoms with van der Waals surface area (Å²) in [5.74, 6) is -0.495. The Morgan fingerprint density at radius 2 is 1.87 bits per heavy atom. The molecule has 3 unspecified atom stereocenters. The Kier molecular flexibility index (Phi) is 7.86. The van der Waals surface area contributed by atoms with Gasteiger partial charge in [-0.25, -0.2) is 14.6 Å². The largest absolute Gasteiger partial charge is 0.514 e. The average Bonchev–Trinajstić information content (AvgIpc) is 3.50. The fourth-order valence-corrected chi connectivity index (χ4v) is 4.94. The lowest BCUT2D eigenvalue weighted by Gasteiger charge is -2.23. The van der Waals surface area contributed by atoms with Crippen LogP contribution >= 0.6 is 11.3 Å². The maximum Gasteiger partial charge on any atom is 0.514 e. The molecule has 4 rings (SSSR count). The van der Waals surface area contributed by atoms with Crippen molar-refractivity contribution in [1.29, 1.82) is 0 Å². The Morgan fingerprint density at radius 3 is 2.45 bits per heavy atom. The third kappa shape index (κ3) is 6.06. The van der Waals surface area contributed by atoms with E-state index in [0.29, 0.717) is 0 Å². The molecule has 198 valence electrons. The molecule has 0 saturated carbocycles. The number of nitro groups is 1. The normalized spacial score (nSPS) is 17.5. The molecule has 0 spiro atoms. The molecule has 13 heteroatoms. The number of amides is 2. The number of carbonyl (C=O) groups excluding carboxylic acids is 2. The highest BCUT2D eigenvalue weighted by atomic mass is 32.1. The number of hydrogen-bond donors (Lipinski definition) is 2. The number of thiazole rings is 1. The predicted octanol–water partition coefficient (Wildman–Crippen LogP) is 4.54. The van der Waals surface area contributed by atoms with Crippen LogP contribution in [0.2, 0.25) is 0 Å². The molecule has 2 aromatic carbocycles. The van der Waals surface area contributed by atoms with E-state index < -0.39 is 41.3 Å². The molecule has 3 atom stereocenters. The minimum absolute atomic E-state index is 0.0216. The number of carboxylic acid groups (broad SMARTS) is 1. The molecule has 0 bridgehead atoms. The zero-order chi connectivity index (χ0) is 27.4. The van der Waals surface area contributed by atoms with Crippen LogP contribution in [0.4, 0.5) is 15.3 Å². The van der Waals surface area contributed by atoms with Crippen LogP contribution in [0.5, 0.6) is 5.75 Å². The molecule has 1 fully saturated rings. The number of hydrogen-bond acceptors (Lipinski definition) is 9. The van der Waals surface area contributed by atoms with Gasteiger partial charge in [-0.05, 0) is 37.1 Å². The first kappa shape index (κ1) is 26.5. The number of likely N-dealkylation sites (tertiary alicyclic amines) is 1. The Morgan fingerprint density at radius 1 is 1.18 bits per heavy atom. The molecule has 1 saturated heterocycles. The minimum atomic E-state index is -1.32. The molecule has 2 heterocycles. The fourth-order valence-electron chi connectivity index (χ4n) is 4.13. The number of carbonyl (C=O) groups is 3. The second-order valence-electron chi connectivity index (χ2n) is 8.65. The molecule has 1 aliphatic rings. The standard InChI is InChI=1S/C25H24N4O8S/c1-14(16-3-5-17(6-4-16)22-15(2)26-13-38-22)27-23(30)21-11-20(12-28(21)24(31)32)37-25(33)36-19-9-7-18(8-10-19)29(34)35/h3-10,13-14,20-21H,11-12H2,1-2H3,(H,27,30)(H,31,32). The lowest BCUT2D eigenvalue weighted by atomic mass is 10.0. The van der Waals surface area contributed by atoms with Crippen LogP contribution in [0.15, 0.2) is 54.0 Å². The smallest absolute Gasteiger partial charge is 0.465 e. The summed E-state index contributed by atoms with van der Waals surface area (Å²) >= 11 is 1.54. The summed E-state index contributed by atoms with van der Waals surface area (Å²) in [5.41, 5.74) is 4.40. The first-order chi connectivity index (χ1) is 18.1. The van der Waals surface area contributed by atoms with Crippen LogP contribution in [0.3, 0.4) is 0 Å². The van der Waals surface area contributed by atoms with Gasteiger partial charge in [-0.1, -0.05) is 24.3 Å². The number of benzene rings is 2. The molecular weight excluding hydrogens is 516 g/mol. The average molecular weight is 541 g/mol. The van der Waals surface area contributed by atoms with Gasteiger partial charge in [0.25, 0.3) is 5.69 Å². The highest BCUT2D eigenvalue weighted by molar-refractivity contribution is 7.13. The highest BCUT2D eigenvalue weighted by Crippen LogP contribution is 2.29. The van der Waals surface area contributed by atoms with Crippen molar-refractivity contribution in [2.75, 3.05) is 6.54 Å². The third-order valence-corrected chi connectivity index (χ3v) is 7.08. The topological polar surface area (TPSA) is 161 Å². The number of ether oxygens (including phenoxy) is 2. The Labute approximate surface area is 221 Å². The Hall–Kier alpha value is -4.52. The van der Waals surface area contributed by atoms with E-state index >= 15 is 0 Å². The van der Waals surface area contributed by atoms with Crippen LogP contribution in [0.25, 0.3) is 10.4 Å². The highest BCUT2D eigenvalue weighted by Gasteiger charge is 2.42. The molecule has 3 aromatic rings. The summed E-state index contributed by atoms with van der Waals surface area (Å²) in [6, 6.07) is 11.0. The van der Waals surface area contributed by atoms with E-state index in [-0.39, 0.29) is 24.4 Å². The molecule has 0 radical (unpaired) electrons. The molecule has 2 amide bonds. The number of aromatic nitrogens is 1. The first-order valence-corrected chi connectivity index (χ1v) is 12.4. The van der Waals surface area contributed by atoms with Crippen molar-refractivity contribution in [3.05, 3.63) is 75.4 Å². The van der Waals surface area contributed by atoms with E-state index in [1.165, 1.54) is 24.3 Å². The van der Waals surface area contributed by atoms with Gasteiger partial charge in [0.15, 0.2) is 0 Å². The van der Waals surface area contributed by atoms with Gasteiger partial charge in [0, 0.05) is 18.6 Å². The van der Waals surface area contributed by atoms with E-state index in [1.54, 1.807) is 23.8 Å². The molecule has 1 aliphatic heterocycles. The van der Waals surface area contributed by atoms with Gasteiger partial charge >= 0.3 is 12.2 Å². The summed E-state index contributed by atoms with van der Waals surface area (Å²) in [4.78, 5) is 53.4. The van der Waals surface area contributed by atoms with Crippen molar-refractivity contribution < 1.29 is 33.9 Å². The lowest BCUT2D eigenvalue weighted by molar-refractivity contribution is -0.384. The Bertz CT molecular complexity index is 1340. The summed E-state index contributed by atoms with van der Waals surface area (Å²) < 4.78 is 10.2. The number of nitrogens with one attached hydrogen (secondary N) is 1. The fraction of sp³-hybridized carbons (Fsp3) is 0.280. The molecule has 0 aliphatic carbocycles. The van der Waals surface area contributed by atoms with Crippen molar-refractivity contribution in [3.63, 3.8) is 0 Å². The second-order valence-corrected chi connectivity index (χ2v) is 9.50. The van der Waals surface area contributed by atoms with Crippen LogP contribution < -0.4 is 10.1 Å². The van der Waals surface area contributed by atoms with Gasteiger partial charge in [-0.2, -0.15) is 0 Å². The predicted molar refractivity (Wildman–Crippen MR) is 136 cm³/mol. The van der Waals surface area contributed by atoms with E-state index in [4.69, 9.17) is 9.47 Å². The molecule has 12 nitrogen and oxygen atoms in total. The Balaban J connectivity index is 1.35. The number of rotatable bonds is 7. The lowest BCUT2D eigenvalue weighted by Crippen LogP contribution is -2.46. The first-order valence-electron chi connectivity index (χ1n) is 11.6.